The molecule has 0 bridgehead atoms. The maximum atomic E-state index is 9.61. The van der Waals surface area contributed by atoms with Crippen LogP contribution in [0.15, 0.2) is 42.5 Å². The quantitative estimate of drug-likeness (QED) is 0.761. The van der Waals surface area contributed by atoms with Crippen LogP contribution in [0.25, 0.3) is 0 Å². The topological polar surface area (TPSA) is 40.5 Å². The van der Waals surface area contributed by atoms with Crippen molar-refractivity contribution in [3.63, 3.8) is 0 Å². The van der Waals surface area contributed by atoms with Crippen LogP contribution in [0, 0.1) is 0 Å². The Balaban J connectivity index is 1.92. The van der Waals surface area contributed by atoms with Crippen molar-refractivity contribution < 1.29 is 10.2 Å². The zero-order valence-corrected chi connectivity index (χ0v) is 10.8. The van der Waals surface area contributed by atoms with Gasteiger partial charge in [-0.3, -0.25) is 0 Å². The molecule has 2 nitrogen and oxygen atoms in total. The van der Waals surface area contributed by atoms with Gasteiger partial charge in [0.2, 0.25) is 0 Å². The third kappa shape index (κ3) is 2.58. The van der Waals surface area contributed by atoms with Crippen LogP contribution in [0.1, 0.15) is 35.4 Å². The normalized spacial score (nSPS) is 18.6. The molecule has 0 radical (unpaired) electrons. The average Bonchev–Trinajstić information content (AvgIpc) is 2.60. The molecule has 19 heavy (non-hydrogen) atoms. The monoisotopic (exact) mass is 254 g/mol. The fourth-order valence-corrected chi connectivity index (χ4v) is 3.01. The lowest BCUT2D eigenvalue weighted by molar-refractivity contribution is 0.472. The van der Waals surface area contributed by atoms with Crippen molar-refractivity contribution in [3.8, 4) is 11.5 Å². The Morgan fingerprint density at radius 2 is 1.74 bits per heavy atom. The lowest BCUT2D eigenvalue weighted by Crippen LogP contribution is -2.01. The molecular formula is C17H18O2. The first-order chi connectivity index (χ1) is 9.22. The van der Waals surface area contributed by atoms with Crippen LogP contribution in [0.5, 0.6) is 11.5 Å². The Bertz CT molecular complexity index is 590. The highest BCUT2D eigenvalue weighted by atomic mass is 16.3. The molecule has 0 saturated heterocycles. The van der Waals surface area contributed by atoms with Crippen LogP contribution >= 0.6 is 0 Å². The predicted octanol–water partition coefficient (Wildman–Crippen LogP) is 3.76. The molecule has 0 spiro atoms. The zero-order valence-electron chi connectivity index (χ0n) is 10.8. The molecule has 98 valence electrons. The van der Waals surface area contributed by atoms with Crippen LogP contribution in [0.4, 0.5) is 0 Å². The van der Waals surface area contributed by atoms with E-state index in [-0.39, 0.29) is 0 Å². The summed E-state index contributed by atoms with van der Waals surface area (Å²) in [4.78, 5) is 0. The summed E-state index contributed by atoms with van der Waals surface area (Å²) in [7, 11) is 0. The third-order valence-electron chi connectivity index (χ3n) is 4.00. The number of hydrogen-bond donors (Lipinski definition) is 2. The van der Waals surface area contributed by atoms with Crippen molar-refractivity contribution in [3.05, 3.63) is 59.2 Å². The fraction of sp³-hybridized carbons (Fsp3) is 0.294. The number of benzene rings is 2. The van der Waals surface area contributed by atoms with Gasteiger partial charge in [0.1, 0.15) is 11.5 Å². The summed E-state index contributed by atoms with van der Waals surface area (Å²) in [5.41, 5.74) is 3.80. The molecule has 1 atom stereocenters. The highest BCUT2D eigenvalue weighted by Crippen LogP contribution is 2.33. The number of fused-ring (bicyclic) bond motifs is 1. The van der Waals surface area contributed by atoms with E-state index >= 15 is 0 Å². The molecule has 2 N–H and O–H groups in total. The SMILES string of the molecule is Oc1cccc(C2CCCc3cc(O)ccc3C2)c1. The second kappa shape index (κ2) is 4.96. The molecule has 0 heterocycles. The van der Waals surface area contributed by atoms with Gasteiger partial charge < -0.3 is 10.2 Å². The van der Waals surface area contributed by atoms with Crippen molar-refractivity contribution in [2.45, 2.75) is 31.6 Å². The molecule has 0 saturated carbocycles. The van der Waals surface area contributed by atoms with Crippen LogP contribution in [0.3, 0.4) is 0 Å². The van der Waals surface area contributed by atoms with Crippen molar-refractivity contribution in [2.24, 2.45) is 0 Å². The molecule has 1 unspecified atom stereocenters. The van der Waals surface area contributed by atoms with Gasteiger partial charge in [0.15, 0.2) is 0 Å². The predicted molar refractivity (Wildman–Crippen MR) is 75.6 cm³/mol. The van der Waals surface area contributed by atoms with E-state index in [1.165, 1.54) is 16.7 Å². The molecule has 0 amide bonds. The van der Waals surface area contributed by atoms with Crippen LogP contribution in [0.2, 0.25) is 0 Å². The van der Waals surface area contributed by atoms with E-state index < -0.39 is 0 Å². The Morgan fingerprint density at radius 3 is 2.58 bits per heavy atom. The largest absolute Gasteiger partial charge is 0.508 e. The van der Waals surface area contributed by atoms with E-state index in [0.717, 1.165) is 25.7 Å². The first-order valence-electron chi connectivity index (χ1n) is 6.82. The molecule has 3 rings (SSSR count). The summed E-state index contributed by atoms with van der Waals surface area (Å²) in [5, 5.41) is 19.2. The summed E-state index contributed by atoms with van der Waals surface area (Å²) >= 11 is 0. The fourth-order valence-electron chi connectivity index (χ4n) is 3.01. The summed E-state index contributed by atoms with van der Waals surface area (Å²) < 4.78 is 0. The number of phenols is 2. The van der Waals surface area contributed by atoms with Gasteiger partial charge in [-0.2, -0.15) is 0 Å². The van der Waals surface area contributed by atoms with Gasteiger partial charge in [0.05, 0.1) is 0 Å². The van der Waals surface area contributed by atoms with E-state index in [0.29, 0.717) is 17.4 Å². The number of hydrogen-bond acceptors (Lipinski definition) is 2. The van der Waals surface area contributed by atoms with Crippen molar-refractivity contribution in [2.75, 3.05) is 0 Å². The van der Waals surface area contributed by atoms with Gasteiger partial charge in [-0.15, -0.1) is 0 Å². The van der Waals surface area contributed by atoms with Crippen LogP contribution in [-0.4, -0.2) is 10.2 Å². The second-order valence-electron chi connectivity index (χ2n) is 5.34. The van der Waals surface area contributed by atoms with Gasteiger partial charge >= 0.3 is 0 Å². The molecular weight excluding hydrogens is 236 g/mol. The Kier molecular flexibility index (Phi) is 3.16. The summed E-state index contributed by atoms with van der Waals surface area (Å²) in [6.45, 7) is 0. The van der Waals surface area contributed by atoms with E-state index in [1.807, 2.05) is 24.3 Å². The van der Waals surface area contributed by atoms with Crippen LogP contribution < -0.4 is 0 Å². The minimum absolute atomic E-state index is 0.340. The van der Waals surface area contributed by atoms with Crippen LogP contribution in [-0.2, 0) is 12.8 Å². The summed E-state index contributed by atoms with van der Waals surface area (Å²) in [6, 6.07) is 13.3. The summed E-state index contributed by atoms with van der Waals surface area (Å²) in [6.07, 6.45) is 4.26. The standard InChI is InChI=1S/C17H18O2/c18-16-6-2-5-13(10-16)12-3-1-4-14-11-17(19)8-7-15(14)9-12/h2,5-8,10-12,18-19H,1,3-4,9H2. The molecule has 2 aromatic carbocycles. The Morgan fingerprint density at radius 1 is 0.895 bits per heavy atom. The number of rotatable bonds is 1. The second-order valence-corrected chi connectivity index (χ2v) is 5.34. The Labute approximate surface area is 113 Å². The number of aryl methyl sites for hydroxylation is 1. The molecule has 0 aliphatic heterocycles. The number of phenolic OH excluding ortho intramolecular Hbond substituents is 2. The molecule has 1 aliphatic rings. The van der Waals surface area contributed by atoms with Gasteiger partial charge in [-0.25, -0.2) is 0 Å². The molecule has 0 fully saturated rings. The molecule has 2 aromatic rings. The van der Waals surface area contributed by atoms with Gasteiger partial charge in [-0.1, -0.05) is 18.2 Å². The molecule has 1 aliphatic carbocycles. The van der Waals surface area contributed by atoms with E-state index in [4.69, 9.17) is 0 Å². The van der Waals surface area contributed by atoms with Crippen molar-refractivity contribution in [1.29, 1.82) is 0 Å². The van der Waals surface area contributed by atoms with E-state index in [2.05, 4.69) is 6.07 Å². The first-order valence-corrected chi connectivity index (χ1v) is 6.82. The maximum Gasteiger partial charge on any atom is 0.115 e. The minimum Gasteiger partial charge on any atom is -0.508 e. The Hall–Kier alpha value is -1.96. The molecule has 2 heteroatoms. The summed E-state index contributed by atoms with van der Waals surface area (Å²) in [5.74, 6) is 1.15. The lowest BCUT2D eigenvalue weighted by atomic mass is 9.90. The minimum atomic E-state index is 0.340. The third-order valence-corrected chi connectivity index (χ3v) is 4.00. The van der Waals surface area contributed by atoms with E-state index in [1.54, 1.807) is 12.1 Å². The van der Waals surface area contributed by atoms with E-state index in [9.17, 15) is 10.2 Å². The highest BCUT2D eigenvalue weighted by molar-refractivity contribution is 5.38. The smallest absolute Gasteiger partial charge is 0.115 e. The van der Waals surface area contributed by atoms with Crippen molar-refractivity contribution >= 4 is 0 Å². The zero-order chi connectivity index (χ0) is 13.2. The average molecular weight is 254 g/mol. The maximum absolute atomic E-state index is 9.61. The van der Waals surface area contributed by atoms with Gasteiger partial charge in [0.25, 0.3) is 0 Å². The van der Waals surface area contributed by atoms with Crippen molar-refractivity contribution in [1.82, 2.24) is 0 Å². The van der Waals surface area contributed by atoms with Gasteiger partial charge in [0, 0.05) is 0 Å². The highest BCUT2D eigenvalue weighted by Gasteiger charge is 2.18. The van der Waals surface area contributed by atoms with Gasteiger partial charge in [-0.05, 0) is 72.6 Å². The first kappa shape index (κ1) is 12.1. The lowest BCUT2D eigenvalue weighted by Gasteiger charge is -2.15. The molecule has 0 aromatic heterocycles. The number of aromatic hydroxyl groups is 2.